The molecule has 0 aliphatic rings. The Bertz CT molecular complexity index is 854. The van der Waals surface area contributed by atoms with Gasteiger partial charge in [-0.1, -0.05) is 19.1 Å². The minimum absolute atomic E-state index is 0.279. The molecule has 0 saturated heterocycles. The van der Waals surface area contributed by atoms with Gasteiger partial charge in [0.1, 0.15) is 11.6 Å². The zero-order valence-electron chi connectivity index (χ0n) is 15.2. The summed E-state index contributed by atoms with van der Waals surface area (Å²) in [6.45, 7) is 4.23. The van der Waals surface area contributed by atoms with E-state index in [1.807, 2.05) is 42.5 Å². The van der Waals surface area contributed by atoms with E-state index < -0.39 is 0 Å². The van der Waals surface area contributed by atoms with E-state index in [-0.39, 0.29) is 6.04 Å². The fourth-order valence-electron chi connectivity index (χ4n) is 2.45. The highest BCUT2D eigenvalue weighted by Gasteiger charge is 2.10. The van der Waals surface area contributed by atoms with E-state index in [2.05, 4.69) is 39.4 Å². The van der Waals surface area contributed by atoms with Gasteiger partial charge in [0.25, 0.3) is 0 Å². The van der Waals surface area contributed by atoms with Gasteiger partial charge in [-0.25, -0.2) is 4.98 Å². The Morgan fingerprint density at radius 2 is 1.85 bits per heavy atom. The zero-order chi connectivity index (χ0) is 18.4. The fraction of sp³-hybridized carbons (Fsp3) is 0.250. The molecular formula is C20H23N5O. The van der Waals surface area contributed by atoms with Gasteiger partial charge in [0.15, 0.2) is 0 Å². The van der Waals surface area contributed by atoms with Crippen molar-refractivity contribution in [2.24, 2.45) is 0 Å². The molecule has 1 atom stereocenters. The highest BCUT2D eigenvalue weighted by molar-refractivity contribution is 5.69. The van der Waals surface area contributed by atoms with Crippen LogP contribution in [0.1, 0.15) is 20.3 Å². The lowest BCUT2D eigenvalue weighted by atomic mass is 10.2. The van der Waals surface area contributed by atoms with Gasteiger partial charge >= 0.3 is 0 Å². The second-order valence-corrected chi connectivity index (χ2v) is 5.98. The first-order valence-electron chi connectivity index (χ1n) is 8.65. The molecule has 2 aromatic heterocycles. The lowest BCUT2D eigenvalue weighted by molar-refractivity contribution is 0.417. The van der Waals surface area contributed by atoms with Crippen LogP contribution in [0.15, 0.2) is 54.9 Å². The zero-order valence-corrected chi connectivity index (χ0v) is 15.2. The average molecular weight is 349 g/mol. The van der Waals surface area contributed by atoms with E-state index >= 15 is 0 Å². The molecule has 0 aliphatic heterocycles. The highest BCUT2D eigenvalue weighted by atomic mass is 16.5. The van der Waals surface area contributed by atoms with Crippen LogP contribution in [0, 0.1) is 0 Å². The summed E-state index contributed by atoms with van der Waals surface area (Å²) in [5.74, 6) is 2.04. The molecule has 0 amide bonds. The Morgan fingerprint density at radius 1 is 1.08 bits per heavy atom. The molecule has 0 spiro atoms. The number of anilines is 3. The molecule has 0 bridgehead atoms. The number of hydrogen-bond donors (Lipinski definition) is 2. The SMILES string of the molecule is CC[C@@H](C)Nc1nc(Nc2ccccc2OC)cc(-c2ccncc2)n1. The summed E-state index contributed by atoms with van der Waals surface area (Å²) in [6, 6.07) is 13.8. The van der Waals surface area contributed by atoms with Gasteiger partial charge in [0, 0.05) is 30.1 Å². The number of nitrogens with zero attached hydrogens (tertiary/aromatic N) is 3. The summed E-state index contributed by atoms with van der Waals surface area (Å²) in [7, 11) is 1.65. The van der Waals surface area contributed by atoms with Crippen LogP contribution in [0.25, 0.3) is 11.3 Å². The third kappa shape index (κ3) is 4.27. The van der Waals surface area contributed by atoms with E-state index in [0.717, 1.165) is 29.1 Å². The van der Waals surface area contributed by atoms with Crippen molar-refractivity contribution in [2.75, 3.05) is 17.7 Å². The molecule has 0 aliphatic carbocycles. The van der Waals surface area contributed by atoms with Gasteiger partial charge < -0.3 is 15.4 Å². The molecule has 0 unspecified atom stereocenters. The van der Waals surface area contributed by atoms with Crippen LogP contribution in [0.3, 0.4) is 0 Å². The molecule has 6 heteroatoms. The normalized spacial score (nSPS) is 11.7. The second-order valence-electron chi connectivity index (χ2n) is 5.98. The first-order valence-corrected chi connectivity index (χ1v) is 8.65. The van der Waals surface area contributed by atoms with Crippen LogP contribution < -0.4 is 15.4 Å². The molecule has 0 fully saturated rings. The number of methoxy groups -OCH3 is 1. The van der Waals surface area contributed by atoms with Gasteiger partial charge in [0.2, 0.25) is 5.95 Å². The summed E-state index contributed by atoms with van der Waals surface area (Å²) in [5, 5.41) is 6.68. The smallest absolute Gasteiger partial charge is 0.225 e. The first-order chi connectivity index (χ1) is 12.7. The van der Waals surface area contributed by atoms with Crippen molar-refractivity contribution >= 4 is 17.5 Å². The van der Waals surface area contributed by atoms with Gasteiger partial charge in [-0.05, 0) is 37.6 Å². The number of rotatable bonds is 7. The molecule has 3 rings (SSSR count). The second kappa shape index (κ2) is 8.29. The van der Waals surface area contributed by atoms with E-state index in [1.54, 1.807) is 19.5 Å². The molecular weight excluding hydrogens is 326 g/mol. The van der Waals surface area contributed by atoms with Crippen LogP contribution in [-0.4, -0.2) is 28.1 Å². The summed E-state index contributed by atoms with van der Waals surface area (Å²) in [6.07, 6.45) is 4.50. The van der Waals surface area contributed by atoms with Gasteiger partial charge in [-0.3, -0.25) is 4.98 Å². The Morgan fingerprint density at radius 3 is 2.58 bits per heavy atom. The van der Waals surface area contributed by atoms with Crippen molar-refractivity contribution in [3.63, 3.8) is 0 Å². The number of benzene rings is 1. The lowest BCUT2D eigenvalue weighted by Crippen LogP contribution is -2.16. The monoisotopic (exact) mass is 349 g/mol. The van der Waals surface area contributed by atoms with E-state index in [9.17, 15) is 0 Å². The molecule has 2 N–H and O–H groups in total. The van der Waals surface area contributed by atoms with Crippen LogP contribution >= 0.6 is 0 Å². The minimum Gasteiger partial charge on any atom is -0.495 e. The number of pyridine rings is 1. The number of aromatic nitrogens is 3. The highest BCUT2D eigenvalue weighted by Crippen LogP contribution is 2.28. The number of hydrogen-bond acceptors (Lipinski definition) is 6. The van der Waals surface area contributed by atoms with Gasteiger partial charge in [-0.15, -0.1) is 0 Å². The minimum atomic E-state index is 0.279. The molecule has 1 aromatic carbocycles. The Labute approximate surface area is 153 Å². The maximum Gasteiger partial charge on any atom is 0.225 e. The predicted molar refractivity (Wildman–Crippen MR) is 105 cm³/mol. The predicted octanol–water partition coefficient (Wildman–Crippen LogP) is 4.50. The Hall–Kier alpha value is -3.15. The van der Waals surface area contributed by atoms with Gasteiger partial charge in [-0.2, -0.15) is 4.98 Å². The standard InChI is InChI=1S/C20H23N5O/c1-4-14(2)22-20-24-17(15-9-11-21-12-10-15)13-19(25-20)23-16-7-5-6-8-18(16)26-3/h5-14H,4H2,1-3H3,(H2,22,23,24,25)/t14-/m1/s1. The van der Waals surface area contributed by atoms with Crippen molar-refractivity contribution in [3.05, 3.63) is 54.9 Å². The Kier molecular flexibility index (Phi) is 5.63. The number of ether oxygens (including phenoxy) is 1. The molecule has 2 heterocycles. The molecule has 134 valence electrons. The van der Waals surface area contributed by atoms with Crippen molar-refractivity contribution in [3.8, 4) is 17.0 Å². The van der Waals surface area contributed by atoms with E-state index in [1.165, 1.54) is 0 Å². The van der Waals surface area contributed by atoms with Crippen molar-refractivity contribution in [2.45, 2.75) is 26.3 Å². The van der Waals surface area contributed by atoms with Crippen molar-refractivity contribution in [1.82, 2.24) is 15.0 Å². The maximum atomic E-state index is 5.41. The molecule has 6 nitrogen and oxygen atoms in total. The number of para-hydroxylation sites is 2. The van der Waals surface area contributed by atoms with Crippen LogP contribution in [0.4, 0.5) is 17.5 Å². The summed E-state index contributed by atoms with van der Waals surface area (Å²) < 4.78 is 5.41. The third-order valence-corrected chi connectivity index (χ3v) is 4.06. The van der Waals surface area contributed by atoms with E-state index in [0.29, 0.717) is 11.8 Å². The lowest BCUT2D eigenvalue weighted by Gasteiger charge is -2.15. The molecule has 0 radical (unpaired) electrons. The van der Waals surface area contributed by atoms with Crippen LogP contribution in [0.2, 0.25) is 0 Å². The van der Waals surface area contributed by atoms with Crippen molar-refractivity contribution < 1.29 is 4.74 Å². The molecule has 26 heavy (non-hydrogen) atoms. The van der Waals surface area contributed by atoms with Gasteiger partial charge in [0.05, 0.1) is 18.5 Å². The Balaban J connectivity index is 1.99. The van der Waals surface area contributed by atoms with E-state index in [4.69, 9.17) is 4.74 Å². The summed E-state index contributed by atoms with van der Waals surface area (Å²) in [5.41, 5.74) is 2.66. The van der Waals surface area contributed by atoms with Crippen molar-refractivity contribution in [1.29, 1.82) is 0 Å². The van der Waals surface area contributed by atoms with Crippen LogP contribution in [-0.2, 0) is 0 Å². The fourth-order valence-corrected chi connectivity index (χ4v) is 2.45. The van der Waals surface area contributed by atoms with Crippen LogP contribution in [0.5, 0.6) is 5.75 Å². The quantitative estimate of drug-likeness (QED) is 0.654. The first kappa shape index (κ1) is 17.7. The maximum absolute atomic E-state index is 5.41. The number of nitrogens with one attached hydrogen (secondary N) is 2. The summed E-state index contributed by atoms with van der Waals surface area (Å²) in [4.78, 5) is 13.3. The average Bonchev–Trinajstić information content (AvgIpc) is 2.69. The molecule has 0 saturated carbocycles. The third-order valence-electron chi connectivity index (χ3n) is 4.06. The molecule has 3 aromatic rings. The topological polar surface area (TPSA) is 72.0 Å². The summed E-state index contributed by atoms with van der Waals surface area (Å²) >= 11 is 0. The largest absolute Gasteiger partial charge is 0.495 e.